The van der Waals surface area contributed by atoms with E-state index < -0.39 is 17.4 Å². The van der Waals surface area contributed by atoms with Crippen LogP contribution in [0.1, 0.15) is 27.7 Å². The van der Waals surface area contributed by atoms with Crippen LogP contribution in [0, 0.1) is 11.3 Å². The van der Waals surface area contributed by atoms with Crippen LogP contribution in [0.2, 0.25) is 0 Å². The predicted octanol–water partition coefficient (Wildman–Crippen LogP) is 2.24. The van der Waals surface area contributed by atoms with Crippen LogP contribution >= 0.6 is 11.6 Å². The molecule has 0 aromatic carbocycles. The first kappa shape index (κ1) is 11.2. The van der Waals surface area contributed by atoms with Crippen LogP contribution < -0.4 is 0 Å². The molecule has 0 spiro atoms. The molecular weight excluding hydrogens is 204 g/mol. The Balaban J connectivity index is 3.21. The molecule has 0 atom stereocenters. The summed E-state index contributed by atoms with van der Waals surface area (Å²) in [6.07, 6.45) is 0. The fourth-order valence-electron chi connectivity index (χ4n) is 1.21. The van der Waals surface area contributed by atoms with Gasteiger partial charge in [-0.05, 0) is 5.92 Å². The largest absolute Gasteiger partial charge is 0.385 e. The molecule has 1 heterocycles. The first-order valence-electron chi connectivity index (χ1n) is 4.45. The molecule has 0 unspecified atom stereocenters. The van der Waals surface area contributed by atoms with Crippen molar-refractivity contribution in [1.29, 1.82) is 0 Å². The number of esters is 2. The zero-order chi connectivity index (χ0) is 11.1. The number of rotatable bonds is 2. The van der Waals surface area contributed by atoms with Gasteiger partial charge < -0.3 is 4.74 Å². The number of carbonyl (C=O) groups is 2. The average molecular weight is 217 g/mol. The smallest absolute Gasteiger partial charge is 0.358 e. The van der Waals surface area contributed by atoms with Crippen molar-refractivity contribution >= 4 is 23.5 Å². The molecule has 4 heteroatoms. The van der Waals surface area contributed by atoms with E-state index in [-0.39, 0.29) is 11.0 Å². The third-order valence-electron chi connectivity index (χ3n) is 2.88. The van der Waals surface area contributed by atoms with Gasteiger partial charge in [0.15, 0.2) is 0 Å². The molecule has 1 aliphatic heterocycles. The highest BCUT2D eigenvalue weighted by molar-refractivity contribution is 6.46. The Labute approximate surface area is 88.1 Å². The van der Waals surface area contributed by atoms with Gasteiger partial charge in [-0.1, -0.05) is 39.3 Å². The van der Waals surface area contributed by atoms with Gasteiger partial charge in [0.1, 0.15) is 5.03 Å². The zero-order valence-corrected chi connectivity index (χ0v) is 9.44. The summed E-state index contributed by atoms with van der Waals surface area (Å²) in [6, 6.07) is 0. The number of halogens is 1. The highest BCUT2D eigenvalue weighted by Crippen LogP contribution is 2.40. The molecular formula is C10H13ClO3. The van der Waals surface area contributed by atoms with Gasteiger partial charge in [-0.3, -0.25) is 0 Å². The number of hydrogen-bond donors (Lipinski definition) is 0. The summed E-state index contributed by atoms with van der Waals surface area (Å²) >= 11 is 5.74. The lowest BCUT2D eigenvalue weighted by Crippen LogP contribution is -2.25. The molecule has 0 radical (unpaired) electrons. The topological polar surface area (TPSA) is 43.4 Å². The summed E-state index contributed by atoms with van der Waals surface area (Å²) in [5.74, 6) is -1.15. The van der Waals surface area contributed by atoms with Crippen LogP contribution in [-0.2, 0) is 14.3 Å². The molecule has 78 valence electrons. The van der Waals surface area contributed by atoms with Crippen molar-refractivity contribution in [3.63, 3.8) is 0 Å². The summed E-state index contributed by atoms with van der Waals surface area (Å²) in [4.78, 5) is 22.4. The number of cyclic esters (lactones) is 2. The summed E-state index contributed by atoms with van der Waals surface area (Å²) in [5.41, 5.74) is -0.153. The van der Waals surface area contributed by atoms with Crippen LogP contribution in [-0.4, -0.2) is 11.9 Å². The molecule has 14 heavy (non-hydrogen) atoms. The minimum absolute atomic E-state index is 0.0753. The monoisotopic (exact) mass is 216 g/mol. The predicted molar refractivity (Wildman–Crippen MR) is 52.6 cm³/mol. The molecule has 0 aromatic heterocycles. The van der Waals surface area contributed by atoms with E-state index in [0.29, 0.717) is 5.57 Å². The molecule has 0 saturated heterocycles. The standard InChI is InChI=1S/C10H13ClO3/c1-5(2)10(3,4)6-7(11)9(13)14-8(6)12/h5H,1-4H3. The maximum absolute atomic E-state index is 11.4. The van der Waals surface area contributed by atoms with Crippen molar-refractivity contribution in [3.05, 3.63) is 10.6 Å². The van der Waals surface area contributed by atoms with Crippen LogP contribution in [0.5, 0.6) is 0 Å². The van der Waals surface area contributed by atoms with Crippen molar-refractivity contribution in [3.8, 4) is 0 Å². The molecule has 1 aliphatic rings. The fourth-order valence-corrected chi connectivity index (χ4v) is 1.57. The van der Waals surface area contributed by atoms with E-state index in [1.165, 1.54) is 0 Å². The summed E-state index contributed by atoms with van der Waals surface area (Å²) in [6.45, 7) is 7.67. The second kappa shape index (κ2) is 3.39. The van der Waals surface area contributed by atoms with Gasteiger partial charge in [0.05, 0.1) is 5.57 Å². The van der Waals surface area contributed by atoms with Crippen molar-refractivity contribution in [1.82, 2.24) is 0 Å². The third-order valence-corrected chi connectivity index (χ3v) is 3.22. The van der Waals surface area contributed by atoms with Crippen LogP contribution in [0.25, 0.3) is 0 Å². The molecule has 0 bridgehead atoms. The maximum Gasteiger partial charge on any atom is 0.358 e. The average Bonchev–Trinajstić information content (AvgIpc) is 2.26. The second-order valence-corrected chi connectivity index (χ2v) is 4.62. The van der Waals surface area contributed by atoms with Crippen molar-refractivity contribution < 1.29 is 14.3 Å². The molecule has 0 N–H and O–H groups in total. The normalized spacial score (nSPS) is 18.1. The lowest BCUT2D eigenvalue weighted by atomic mass is 9.75. The molecule has 0 aromatic rings. The van der Waals surface area contributed by atoms with Crippen molar-refractivity contribution in [2.24, 2.45) is 11.3 Å². The second-order valence-electron chi connectivity index (χ2n) is 4.24. The lowest BCUT2D eigenvalue weighted by molar-refractivity contribution is -0.151. The Morgan fingerprint density at radius 3 is 2.00 bits per heavy atom. The first-order valence-corrected chi connectivity index (χ1v) is 4.83. The van der Waals surface area contributed by atoms with E-state index >= 15 is 0 Å². The Morgan fingerprint density at radius 2 is 1.71 bits per heavy atom. The minimum Gasteiger partial charge on any atom is -0.385 e. The summed E-state index contributed by atoms with van der Waals surface area (Å²) in [5, 5.41) is -0.0753. The molecule has 0 aliphatic carbocycles. The van der Waals surface area contributed by atoms with Crippen molar-refractivity contribution in [2.75, 3.05) is 0 Å². The van der Waals surface area contributed by atoms with E-state index in [9.17, 15) is 9.59 Å². The van der Waals surface area contributed by atoms with Crippen LogP contribution in [0.4, 0.5) is 0 Å². The number of ether oxygens (including phenoxy) is 1. The number of carbonyl (C=O) groups excluding carboxylic acids is 2. The SMILES string of the molecule is CC(C)C(C)(C)C1=C(Cl)C(=O)OC1=O. The molecule has 3 nitrogen and oxygen atoms in total. The zero-order valence-electron chi connectivity index (χ0n) is 8.68. The van der Waals surface area contributed by atoms with E-state index in [1.54, 1.807) is 0 Å². The highest BCUT2D eigenvalue weighted by atomic mass is 35.5. The molecule has 0 saturated carbocycles. The maximum atomic E-state index is 11.4. The summed E-state index contributed by atoms with van der Waals surface area (Å²) < 4.78 is 4.44. The quantitative estimate of drug-likeness (QED) is 0.525. The third kappa shape index (κ3) is 1.57. The first-order chi connectivity index (χ1) is 6.28. The van der Waals surface area contributed by atoms with Gasteiger partial charge >= 0.3 is 11.9 Å². The summed E-state index contributed by atoms with van der Waals surface area (Å²) in [7, 11) is 0. The molecule has 0 amide bonds. The van der Waals surface area contributed by atoms with E-state index in [4.69, 9.17) is 11.6 Å². The Kier molecular flexibility index (Phi) is 2.72. The van der Waals surface area contributed by atoms with E-state index in [0.717, 1.165) is 0 Å². The lowest BCUT2D eigenvalue weighted by Gasteiger charge is -2.28. The highest BCUT2D eigenvalue weighted by Gasteiger charge is 2.42. The minimum atomic E-state index is -0.736. The van der Waals surface area contributed by atoms with Crippen molar-refractivity contribution in [2.45, 2.75) is 27.7 Å². The molecule has 1 rings (SSSR count). The van der Waals surface area contributed by atoms with Gasteiger partial charge in [0, 0.05) is 5.41 Å². The van der Waals surface area contributed by atoms with E-state index in [1.807, 2.05) is 27.7 Å². The Hall–Kier alpha value is -0.830. The Bertz CT molecular complexity index is 326. The van der Waals surface area contributed by atoms with Crippen LogP contribution in [0.3, 0.4) is 0 Å². The van der Waals surface area contributed by atoms with Gasteiger partial charge in [0.25, 0.3) is 0 Å². The molecule has 0 fully saturated rings. The van der Waals surface area contributed by atoms with E-state index in [2.05, 4.69) is 4.74 Å². The van der Waals surface area contributed by atoms with Gasteiger partial charge in [-0.25, -0.2) is 9.59 Å². The van der Waals surface area contributed by atoms with Gasteiger partial charge in [-0.15, -0.1) is 0 Å². The van der Waals surface area contributed by atoms with Crippen LogP contribution in [0.15, 0.2) is 10.6 Å². The fraction of sp³-hybridized carbons (Fsp3) is 0.600. The Morgan fingerprint density at radius 1 is 1.21 bits per heavy atom. The van der Waals surface area contributed by atoms with Gasteiger partial charge in [-0.2, -0.15) is 0 Å². The number of hydrogen-bond acceptors (Lipinski definition) is 3. The van der Waals surface area contributed by atoms with Gasteiger partial charge in [0.2, 0.25) is 0 Å².